The number of hydrogen-bond acceptors (Lipinski definition) is 4. The van der Waals surface area contributed by atoms with E-state index in [9.17, 15) is 9.90 Å². The zero-order valence-electron chi connectivity index (χ0n) is 16.0. The zero-order chi connectivity index (χ0) is 18.9. The maximum atomic E-state index is 12.4. The summed E-state index contributed by atoms with van der Waals surface area (Å²) in [5.74, 6) is 0.864. The summed E-state index contributed by atoms with van der Waals surface area (Å²) in [7, 11) is 0. The molecular weight excluding hydrogens is 328 g/mol. The Bertz CT molecular complexity index is 774. The molecule has 0 saturated carbocycles. The molecule has 1 unspecified atom stereocenters. The molecule has 0 bridgehead atoms. The van der Waals surface area contributed by atoms with E-state index in [1.54, 1.807) is 0 Å². The van der Waals surface area contributed by atoms with Crippen molar-refractivity contribution in [3.05, 3.63) is 41.6 Å². The fraction of sp³-hybridized carbons (Fsp3) is 0.500. The van der Waals surface area contributed by atoms with Crippen molar-refractivity contribution in [2.24, 2.45) is 5.92 Å². The molecule has 26 heavy (non-hydrogen) atoms. The zero-order valence-corrected chi connectivity index (χ0v) is 16.0. The van der Waals surface area contributed by atoms with Gasteiger partial charge in [0, 0.05) is 30.8 Å². The number of carbonyl (C=O) groups is 1. The van der Waals surface area contributed by atoms with Crippen LogP contribution in [0.1, 0.15) is 31.5 Å². The normalized spacial score (nSPS) is 17.6. The maximum Gasteiger partial charge on any atom is 0.241 e. The van der Waals surface area contributed by atoms with Gasteiger partial charge in [0.2, 0.25) is 5.91 Å². The fourth-order valence-electron chi connectivity index (χ4n) is 3.35. The van der Waals surface area contributed by atoms with E-state index in [0.717, 1.165) is 17.8 Å². The third-order valence-electron chi connectivity index (χ3n) is 5.13. The van der Waals surface area contributed by atoms with E-state index >= 15 is 0 Å². The van der Waals surface area contributed by atoms with Gasteiger partial charge < -0.3 is 15.3 Å². The highest BCUT2D eigenvalue weighted by Crippen LogP contribution is 2.27. The van der Waals surface area contributed by atoms with Gasteiger partial charge in [-0.3, -0.25) is 4.79 Å². The van der Waals surface area contributed by atoms with E-state index in [1.165, 1.54) is 5.56 Å². The van der Waals surface area contributed by atoms with E-state index in [4.69, 9.17) is 0 Å². The van der Waals surface area contributed by atoms with Gasteiger partial charge in [0.05, 0.1) is 17.8 Å². The summed E-state index contributed by atoms with van der Waals surface area (Å²) in [4.78, 5) is 14.3. The molecule has 6 nitrogen and oxygen atoms in total. The molecule has 2 aromatic rings. The lowest BCUT2D eigenvalue weighted by atomic mass is 9.90. The topological polar surface area (TPSA) is 70.4 Å². The molecule has 1 aliphatic heterocycles. The van der Waals surface area contributed by atoms with Crippen molar-refractivity contribution in [2.45, 2.75) is 39.7 Å². The Labute approximate surface area is 154 Å². The highest BCUT2D eigenvalue weighted by molar-refractivity contribution is 5.80. The van der Waals surface area contributed by atoms with Crippen LogP contribution in [0.4, 0.5) is 5.82 Å². The van der Waals surface area contributed by atoms with Crippen molar-refractivity contribution in [1.29, 1.82) is 0 Å². The van der Waals surface area contributed by atoms with Crippen molar-refractivity contribution >= 4 is 11.7 Å². The summed E-state index contributed by atoms with van der Waals surface area (Å²) in [5, 5.41) is 17.8. The van der Waals surface area contributed by atoms with Gasteiger partial charge in [-0.1, -0.05) is 17.7 Å². The summed E-state index contributed by atoms with van der Waals surface area (Å²) in [6.07, 6.45) is 0.844. The van der Waals surface area contributed by atoms with Crippen LogP contribution in [0.15, 0.2) is 30.3 Å². The van der Waals surface area contributed by atoms with Gasteiger partial charge in [0.1, 0.15) is 5.82 Å². The van der Waals surface area contributed by atoms with Gasteiger partial charge in [0.15, 0.2) is 0 Å². The van der Waals surface area contributed by atoms with E-state index < -0.39 is 5.60 Å². The first-order valence-electron chi connectivity index (χ1n) is 9.12. The van der Waals surface area contributed by atoms with Crippen LogP contribution in [0.3, 0.4) is 0 Å². The molecule has 1 aromatic carbocycles. The van der Waals surface area contributed by atoms with Gasteiger partial charge in [-0.2, -0.15) is 5.10 Å². The monoisotopic (exact) mass is 356 g/mol. The molecule has 1 atom stereocenters. The number of aryl methyl sites for hydroxylation is 2. The van der Waals surface area contributed by atoms with Gasteiger partial charge in [-0.25, -0.2) is 4.68 Å². The first-order valence-corrected chi connectivity index (χ1v) is 9.12. The summed E-state index contributed by atoms with van der Waals surface area (Å²) in [6, 6.07) is 10.1. The Balaban J connectivity index is 1.59. The van der Waals surface area contributed by atoms with Crippen molar-refractivity contribution < 1.29 is 9.90 Å². The van der Waals surface area contributed by atoms with Crippen LogP contribution in [-0.2, 0) is 4.79 Å². The Kier molecular flexibility index (Phi) is 5.05. The molecule has 1 amide bonds. The predicted octanol–water partition coefficient (Wildman–Crippen LogP) is 2.52. The Morgan fingerprint density at radius 1 is 1.31 bits per heavy atom. The second-order valence-corrected chi connectivity index (χ2v) is 7.75. The second-order valence-electron chi connectivity index (χ2n) is 7.75. The number of benzene rings is 1. The predicted molar refractivity (Wildman–Crippen MR) is 103 cm³/mol. The minimum atomic E-state index is -0.744. The highest BCUT2D eigenvalue weighted by atomic mass is 16.3. The third-order valence-corrected chi connectivity index (χ3v) is 5.13. The summed E-state index contributed by atoms with van der Waals surface area (Å²) in [5.41, 5.74) is 2.47. The minimum Gasteiger partial charge on any atom is -0.390 e. The van der Waals surface area contributed by atoms with Gasteiger partial charge in [-0.15, -0.1) is 0 Å². The van der Waals surface area contributed by atoms with E-state index in [1.807, 2.05) is 48.6 Å². The number of aromatic nitrogens is 2. The molecule has 6 heteroatoms. The molecule has 1 aromatic heterocycles. The highest BCUT2D eigenvalue weighted by Gasteiger charge is 2.35. The molecular formula is C20H28N4O2. The quantitative estimate of drug-likeness (QED) is 0.864. The lowest BCUT2D eigenvalue weighted by Crippen LogP contribution is -2.37. The molecule has 140 valence electrons. The van der Waals surface area contributed by atoms with Crippen molar-refractivity contribution in [3.8, 4) is 5.69 Å². The van der Waals surface area contributed by atoms with Gasteiger partial charge >= 0.3 is 0 Å². The van der Waals surface area contributed by atoms with Crippen LogP contribution in [0.2, 0.25) is 0 Å². The van der Waals surface area contributed by atoms with Crippen molar-refractivity contribution in [2.75, 3.05) is 25.0 Å². The van der Waals surface area contributed by atoms with E-state index in [-0.39, 0.29) is 18.4 Å². The van der Waals surface area contributed by atoms with Gasteiger partial charge in [0.25, 0.3) is 0 Å². The number of aliphatic hydroxyl groups is 1. The lowest BCUT2D eigenvalue weighted by Gasteiger charge is -2.25. The summed E-state index contributed by atoms with van der Waals surface area (Å²) < 4.78 is 1.87. The average Bonchev–Trinajstić information content (AvgIpc) is 3.20. The number of hydrogen-bond donors (Lipinski definition) is 2. The standard InChI is InChI=1S/C20H28N4O2/c1-14-5-7-17(8-6-14)24-15(2)11-18(22-24)21-12-19(25)23-10-9-16(13-23)20(3,4)26/h5-8,11,16,26H,9-10,12-13H2,1-4H3,(H,21,22). The van der Waals surface area contributed by atoms with Crippen LogP contribution < -0.4 is 5.32 Å². The molecule has 0 radical (unpaired) electrons. The molecule has 2 heterocycles. The number of anilines is 1. The number of nitrogens with one attached hydrogen (secondary N) is 1. The number of likely N-dealkylation sites (tertiary alicyclic amines) is 1. The largest absolute Gasteiger partial charge is 0.390 e. The van der Waals surface area contributed by atoms with Gasteiger partial charge in [-0.05, 0) is 46.2 Å². The summed E-state index contributed by atoms with van der Waals surface area (Å²) in [6.45, 7) is 9.19. The molecule has 0 aliphatic carbocycles. The molecule has 1 saturated heterocycles. The molecule has 1 aliphatic rings. The van der Waals surface area contributed by atoms with Crippen LogP contribution in [0, 0.1) is 19.8 Å². The fourth-order valence-corrected chi connectivity index (χ4v) is 3.35. The van der Waals surface area contributed by atoms with E-state index in [2.05, 4.69) is 29.5 Å². The number of amides is 1. The van der Waals surface area contributed by atoms with E-state index in [0.29, 0.717) is 18.9 Å². The SMILES string of the molecule is Cc1ccc(-n2nc(NCC(=O)N3CCC(C(C)(C)O)C3)cc2C)cc1. The Morgan fingerprint density at radius 3 is 2.62 bits per heavy atom. The Hall–Kier alpha value is -2.34. The third kappa shape index (κ3) is 4.07. The lowest BCUT2D eigenvalue weighted by molar-refractivity contribution is -0.128. The number of carbonyl (C=O) groups excluding carboxylic acids is 1. The minimum absolute atomic E-state index is 0.0410. The smallest absolute Gasteiger partial charge is 0.241 e. The van der Waals surface area contributed by atoms with Crippen LogP contribution in [0.25, 0.3) is 5.69 Å². The van der Waals surface area contributed by atoms with Crippen LogP contribution in [-0.4, -0.2) is 50.9 Å². The molecule has 2 N–H and O–H groups in total. The molecule has 3 rings (SSSR count). The van der Waals surface area contributed by atoms with Crippen molar-refractivity contribution in [3.63, 3.8) is 0 Å². The molecule has 1 fully saturated rings. The molecule has 0 spiro atoms. The summed E-state index contributed by atoms with van der Waals surface area (Å²) >= 11 is 0. The Morgan fingerprint density at radius 2 is 2.00 bits per heavy atom. The first kappa shape index (κ1) is 18.5. The first-order chi connectivity index (χ1) is 12.2. The number of rotatable bonds is 5. The second kappa shape index (κ2) is 7.11. The van der Waals surface area contributed by atoms with Crippen LogP contribution in [0.5, 0.6) is 0 Å². The van der Waals surface area contributed by atoms with Crippen molar-refractivity contribution in [1.82, 2.24) is 14.7 Å². The number of nitrogens with zero attached hydrogens (tertiary/aromatic N) is 3. The average molecular weight is 356 g/mol. The van der Waals surface area contributed by atoms with Crippen LogP contribution >= 0.6 is 0 Å². The maximum absolute atomic E-state index is 12.4.